The van der Waals surface area contributed by atoms with Crippen LogP contribution in [0.2, 0.25) is 10.0 Å². The number of nitrogens with one attached hydrogen (secondary N) is 1. The minimum absolute atomic E-state index is 0.0107. The first kappa shape index (κ1) is 21.6. The van der Waals surface area contributed by atoms with Crippen LogP contribution in [0, 0.1) is 10.1 Å². The maximum Gasteiger partial charge on any atom is 0.269 e. The molecule has 0 aliphatic carbocycles. The van der Waals surface area contributed by atoms with E-state index < -0.39 is 11.0 Å². The van der Waals surface area contributed by atoms with E-state index in [1.165, 1.54) is 12.1 Å². The summed E-state index contributed by atoms with van der Waals surface area (Å²) in [6.07, 6.45) is -0.371. The quantitative estimate of drug-likeness (QED) is 0.275. The molecule has 2 N–H and O–H groups in total. The van der Waals surface area contributed by atoms with Gasteiger partial charge in [-0.1, -0.05) is 57.3 Å². The predicted molar refractivity (Wildman–Crippen MR) is 120 cm³/mol. The molecule has 0 bridgehead atoms. The first-order valence-corrected chi connectivity index (χ1v) is 10.3. The van der Waals surface area contributed by atoms with Gasteiger partial charge in [-0.2, -0.15) is 0 Å². The molecule has 0 saturated carbocycles. The van der Waals surface area contributed by atoms with Crippen molar-refractivity contribution in [1.82, 2.24) is 0 Å². The van der Waals surface area contributed by atoms with Crippen molar-refractivity contribution in [1.29, 1.82) is 0 Å². The van der Waals surface area contributed by atoms with Gasteiger partial charge in [0.1, 0.15) is 0 Å². The zero-order valence-electron chi connectivity index (χ0n) is 15.1. The Labute approximate surface area is 186 Å². The number of rotatable bonds is 7. The minimum atomic E-state index is -0.729. The number of hydrogen-bond donors (Lipinski definition) is 2. The molecule has 3 aromatic carbocycles. The molecule has 5 nitrogen and oxygen atoms in total. The number of nitro groups is 1. The lowest BCUT2D eigenvalue weighted by molar-refractivity contribution is -0.384. The van der Waals surface area contributed by atoms with Gasteiger partial charge in [0.15, 0.2) is 0 Å². The van der Waals surface area contributed by atoms with Crippen molar-refractivity contribution in [2.24, 2.45) is 0 Å². The van der Waals surface area contributed by atoms with Gasteiger partial charge in [-0.25, -0.2) is 0 Å². The SMILES string of the molecule is O=[N+]([O-])c1ccc(NC(CC(O)c2ccc(Br)cc2)c2ccc(Cl)c(Cl)c2)cc1. The molecule has 0 spiro atoms. The van der Waals surface area contributed by atoms with Gasteiger partial charge in [-0.3, -0.25) is 10.1 Å². The molecule has 2 atom stereocenters. The smallest absolute Gasteiger partial charge is 0.269 e. The number of aliphatic hydroxyl groups excluding tert-OH is 1. The number of benzene rings is 3. The predicted octanol–water partition coefficient (Wildman–Crippen LogP) is 6.94. The molecule has 3 aromatic rings. The normalized spacial score (nSPS) is 13.0. The van der Waals surface area contributed by atoms with Crippen molar-refractivity contribution in [3.05, 3.63) is 102 Å². The van der Waals surface area contributed by atoms with Gasteiger partial charge in [0.25, 0.3) is 5.69 Å². The van der Waals surface area contributed by atoms with Crippen LogP contribution in [0.15, 0.2) is 71.2 Å². The number of hydrogen-bond acceptors (Lipinski definition) is 4. The molecule has 150 valence electrons. The van der Waals surface area contributed by atoms with Gasteiger partial charge in [-0.15, -0.1) is 0 Å². The molecule has 0 radical (unpaired) electrons. The van der Waals surface area contributed by atoms with Crippen LogP contribution in [0.4, 0.5) is 11.4 Å². The third-order valence-electron chi connectivity index (χ3n) is 4.48. The summed E-state index contributed by atoms with van der Waals surface area (Å²) in [5, 5.41) is 25.8. The van der Waals surface area contributed by atoms with Crippen LogP contribution in [0.5, 0.6) is 0 Å². The molecule has 0 saturated heterocycles. The summed E-state index contributed by atoms with van der Waals surface area (Å²) in [6.45, 7) is 0. The van der Waals surface area contributed by atoms with Crippen LogP contribution in [0.25, 0.3) is 0 Å². The molecule has 0 aliphatic heterocycles. The Hall–Kier alpha value is -2.12. The molecule has 0 amide bonds. The fourth-order valence-corrected chi connectivity index (χ4v) is 3.50. The fraction of sp³-hybridized carbons (Fsp3) is 0.143. The molecule has 0 fully saturated rings. The standard InChI is InChI=1S/C21H17BrCl2N2O3/c22-15-4-1-13(2-5-15)21(27)12-20(14-3-10-18(23)19(24)11-14)25-16-6-8-17(9-7-16)26(28)29/h1-11,20-21,25,27H,12H2. The van der Waals surface area contributed by atoms with Gasteiger partial charge in [0.2, 0.25) is 0 Å². The fourth-order valence-electron chi connectivity index (χ4n) is 2.93. The number of halogens is 3. The van der Waals surface area contributed by atoms with E-state index in [1.54, 1.807) is 24.3 Å². The van der Waals surface area contributed by atoms with Crippen LogP contribution in [-0.4, -0.2) is 10.0 Å². The summed E-state index contributed by atoms with van der Waals surface area (Å²) in [7, 11) is 0. The van der Waals surface area contributed by atoms with Gasteiger partial charge in [0, 0.05) is 28.7 Å². The van der Waals surface area contributed by atoms with Crippen molar-refractivity contribution in [3.63, 3.8) is 0 Å². The van der Waals surface area contributed by atoms with Crippen LogP contribution in [-0.2, 0) is 0 Å². The molecule has 2 unspecified atom stereocenters. The van der Waals surface area contributed by atoms with E-state index in [2.05, 4.69) is 21.2 Å². The Morgan fingerprint density at radius 1 is 0.966 bits per heavy atom. The van der Waals surface area contributed by atoms with Crippen LogP contribution < -0.4 is 5.32 Å². The van der Waals surface area contributed by atoms with Gasteiger partial charge >= 0.3 is 0 Å². The second-order valence-corrected chi connectivity index (χ2v) is 8.21. The van der Waals surface area contributed by atoms with Crippen molar-refractivity contribution < 1.29 is 10.0 Å². The first-order chi connectivity index (χ1) is 13.8. The van der Waals surface area contributed by atoms with E-state index >= 15 is 0 Å². The number of aliphatic hydroxyl groups is 1. The third-order valence-corrected chi connectivity index (χ3v) is 5.75. The highest BCUT2D eigenvalue weighted by atomic mass is 79.9. The number of anilines is 1. The molecule has 0 aliphatic rings. The number of non-ortho nitro benzene ring substituents is 1. The number of nitrogens with zero attached hydrogens (tertiary/aromatic N) is 1. The Morgan fingerprint density at radius 3 is 2.17 bits per heavy atom. The van der Waals surface area contributed by atoms with Gasteiger partial charge in [-0.05, 0) is 47.5 Å². The molecule has 8 heteroatoms. The summed E-state index contributed by atoms with van der Waals surface area (Å²) in [4.78, 5) is 10.4. The van der Waals surface area contributed by atoms with E-state index in [4.69, 9.17) is 23.2 Å². The van der Waals surface area contributed by atoms with Crippen molar-refractivity contribution in [2.45, 2.75) is 18.6 Å². The average Bonchev–Trinajstić information content (AvgIpc) is 2.70. The molecular formula is C21H17BrCl2N2O3. The molecule has 3 rings (SSSR count). The summed E-state index contributed by atoms with van der Waals surface area (Å²) in [6, 6.07) is 18.6. The average molecular weight is 496 g/mol. The minimum Gasteiger partial charge on any atom is -0.388 e. The summed E-state index contributed by atoms with van der Waals surface area (Å²) >= 11 is 15.6. The molecule has 0 heterocycles. The van der Waals surface area contributed by atoms with Gasteiger partial charge < -0.3 is 10.4 Å². The first-order valence-electron chi connectivity index (χ1n) is 8.73. The summed E-state index contributed by atoms with van der Waals surface area (Å²) in [5.41, 5.74) is 2.32. The highest BCUT2D eigenvalue weighted by molar-refractivity contribution is 9.10. The second-order valence-electron chi connectivity index (χ2n) is 6.48. The molecular weight excluding hydrogens is 479 g/mol. The van der Waals surface area contributed by atoms with Crippen LogP contribution in [0.3, 0.4) is 0 Å². The lowest BCUT2D eigenvalue weighted by Crippen LogP contribution is -2.15. The highest BCUT2D eigenvalue weighted by Crippen LogP contribution is 2.33. The van der Waals surface area contributed by atoms with E-state index in [-0.39, 0.29) is 11.7 Å². The third kappa shape index (κ3) is 5.70. The van der Waals surface area contributed by atoms with Crippen LogP contribution >= 0.6 is 39.1 Å². The van der Waals surface area contributed by atoms with E-state index in [1.807, 2.05) is 30.3 Å². The molecule has 29 heavy (non-hydrogen) atoms. The van der Waals surface area contributed by atoms with Crippen molar-refractivity contribution in [3.8, 4) is 0 Å². The zero-order chi connectivity index (χ0) is 21.0. The maximum absolute atomic E-state index is 10.9. The van der Waals surface area contributed by atoms with Gasteiger partial charge in [0.05, 0.1) is 27.1 Å². The zero-order valence-corrected chi connectivity index (χ0v) is 18.2. The molecule has 0 aromatic heterocycles. The highest BCUT2D eigenvalue weighted by Gasteiger charge is 2.19. The lowest BCUT2D eigenvalue weighted by Gasteiger charge is -2.24. The van der Waals surface area contributed by atoms with E-state index in [0.717, 1.165) is 15.6 Å². The number of nitro benzene ring substituents is 1. The lowest BCUT2D eigenvalue weighted by atomic mass is 9.96. The van der Waals surface area contributed by atoms with E-state index in [0.29, 0.717) is 22.2 Å². The Bertz CT molecular complexity index is 998. The van der Waals surface area contributed by atoms with E-state index in [9.17, 15) is 15.2 Å². The Morgan fingerprint density at radius 2 is 1.59 bits per heavy atom. The van der Waals surface area contributed by atoms with Crippen molar-refractivity contribution >= 4 is 50.5 Å². The largest absolute Gasteiger partial charge is 0.388 e. The second kappa shape index (κ2) is 9.59. The Balaban J connectivity index is 1.87. The van der Waals surface area contributed by atoms with Crippen LogP contribution in [0.1, 0.15) is 29.7 Å². The summed E-state index contributed by atoms with van der Waals surface area (Å²) < 4.78 is 0.929. The monoisotopic (exact) mass is 494 g/mol. The van der Waals surface area contributed by atoms with Crippen molar-refractivity contribution in [2.75, 3.05) is 5.32 Å². The maximum atomic E-state index is 10.9. The topological polar surface area (TPSA) is 75.4 Å². The summed E-state index contributed by atoms with van der Waals surface area (Å²) in [5.74, 6) is 0. The Kier molecular flexibility index (Phi) is 7.14.